The molecule has 3 aromatic rings. The molecule has 0 atom stereocenters. The summed E-state index contributed by atoms with van der Waals surface area (Å²) >= 11 is 2.36. The van der Waals surface area contributed by atoms with Crippen LogP contribution in [0.15, 0.2) is 11.1 Å². The van der Waals surface area contributed by atoms with Crippen molar-refractivity contribution in [1.82, 2.24) is 9.55 Å². The minimum atomic E-state index is -0.656. The molecule has 3 heterocycles. The van der Waals surface area contributed by atoms with Crippen molar-refractivity contribution in [3.63, 3.8) is 0 Å². The van der Waals surface area contributed by atoms with Gasteiger partial charge in [0.2, 0.25) is 5.91 Å². The number of carbonyl (C=O) groups is 3. The van der Waals surface area contributed by atoms with Crippen LogP contribution in [0.5, 0.6) is 0 Å². The SMILES string of the molecule is CCOC(=O)c1sc(NC(=O)Cn2cnc3sc(C)c(C)c3c2=O)c(C(=O)OCC)c1C. The highest BCUT2D eigenvalue weighted by Gasteiger charge is 2.27. The van der Waals surface area contributed by atoms with E-state index in [1.807, 2.05) is 13.8 Å². The lowest BCUT2D eigenvalue weighted by Crippen LogP contribution is -2.28. The van der Waals surface area contributed by atoms with Crippen molar-refractivity contribution in [2.24, 2.45) is 0 Å². The Morgan fingerprint density at radius 1 is 1.03 bits per heavy atom. The number of aromatic nitrogens is 2. The van der Waals surface area contributed by atoms with Gasteiger partial charge in [-0.3, -0.25) is 14.2 Å². The summed E-state index contributed by atoms with van der Waals surface area (Å²) in [6.45, 7) is 8.69. The summed E-state index contributed by atoms with van der Waals surface area (Å²) in [6.07, 6.45) is 1.33. The third-order valence-electron chi connectivity index (χ3n) is 4.81. The number of hydrogen-bond donors (Lipinski definition) is 1. The lowest BCUT2D eigenvalue weighted by molar-refractivity contribution is -0.116. The molecule has 0 aliphatic rings. The van der Waals surface area contributed by atoms with Crippen LogP contribution in [0.3, 0.4) is 0 Å². The molecule has 0 saturated heterocycles. The van der Waals surface area contributed by atoms with Crippen molar-refractivity contribution in [2.45, 2.75) is 41.2 Å². The summed E-state index contributed by atoms with van der Waals surface area (Å²) in [5, 5.41) is 3.30. The van der Waals surface area contributed by atoms with Crippen molar-refractivity contribution in [3.05, 3.63) is 43.1 Å². The number of rotatable bonds is 7. The molecule has 1 amide bonds. The summed E-state index contributed by atoms with van der Waals surface area (Å²) in [7, 11) is 0. The van der Waals surface area contributed by atoms with E-state index in [9.17, 15) is 19.2 Å². The molecule has 0 aromatic carbocycles. The predicted molar refractivity (Wildman–Crippen MR) is 123 cm³/mol. The molecule has 11 heteroatoms. The minimum Gasteiger partial charge on any atom is -0.462 e. The third-order valence-corrected chi connectivity index (χ3v) is 7.11. The second-order valence-corrected chi connectivity index (χ2v) is 9.11. The molecule has 170 valence electrons. The largest absolute Gasteiger partial charge is 0.462 e. The molecule has 0 aliphatic carbocycles. The van der Waals surface area contributed by atoms with Gasteiger partial charge in [-0.2, -0.15) is 0 Å². The second kappa shape index (κ2) is 9.61. The van der Waals surface area contributed by atoms with Gasteiger partial charge < -0.3 is 14.8 Å². The van der Waals surface area contributed by atoms with Gasteiger partial charge in [-0.05, 0) is 45.7 Å². The minimum absolute atomic E-state index is 0.0958. The molecule has 0 fully saturated rings. The number of hydrogen-bond acceptors (Lipinski definition) is 9. The summed E-state index contributed by atoms with van der Waals surface area (Å²) < 4.78 is 11.3. The first-order valence-corrected chi connectivity index (χ1v) is 11.5. The monoisotopic (exact) mass is 477 g/mol. The van der Waals surface area contributed by atoms with Crippen LogP contribution < -0.4 is 10.9 Å². The van der Waals surface area contributed by atoms with E-state index in [0.717, 1.165) is 21.8 Å². The highest BCUT2D eigenvalue weighted by Crippen LogP contribution is 2.34. The number of amides is 1. The molecule has 1 N–H and O–H groups in total. The fraction of sp³-hybridized carbons (Fsp3) is 0.381. The summed E-state index contributed by atoms with van der Waals surface area (Å²) in [5.41, 5.74) is 0.993. The van der Waals surface area contributed by atoms with E-state index >= 15 is 0 Å². The van der Waals surface area contributed by atoms with Gasteiger partial charge in [-0.25, -0.2) is 14.6 Å². The van der Waals surface area contributed by atoms with Crippen LogP contribution in [0.2, 0.25) is 0 Å². The van der Waals surface area contributed by atoms with Crippen LogP contribution in [0.25, 0.3) is 10.2 Å². The number of anilines is 1. The Kier molecular flexibility index (Phi) is 7.09. The molecule has 3 aromatic heterocycles. The molecule has 0 saturated carbocycles. The lowest BCUT2D eigenvalue weighted by atomic mass is 10.1. The Hall–Kier alpha value is -3.05. The first-order valence-electron chi connectivity index (χ1n) is 9.92. The van der Waals surface area contributed by atoms with Crippen molar-refractivity contribution in [2.75, 3.05) is 18.5 Å². The smallest absolute Gasteiger partial charge is 0.348 e. The quantitative estimate of drug-likeness (QED) is 0.518. The normalized spacial score (nSPS) is 10.9. The molecule has 0 radical (unpaired) electrons. The Morgan fingerprint density at radius 2 is 1.69 bits per heavy atom. The highest BCUT2D eigenvalue weighted by molar-refractivity contribution is 7.19. The molecule has 0 unspecified atom stereocenters. The van der Waals surface area contributed by atoms with E-state index in [-0.39, 0.29) is 40.8 Å². The Labute approximate surface area is 192 Å². The van der Waals surface area contributed by atoms with Gasteiger partial charge in [0, 0.05) is 4.88 Å². The maximum atomic E-state index is 12.8. The Morgan fingerprint density at radius 3 is 2.34 bits per heavy atom. The molecule has 32 heavy (non-hydrogen) atoms. The number of nitrogens with one attached hydrogen (secondary N) is 1. The van der Waals surface area contributed by atoms with E-state index in [1.165, 1.54) is 22.2 Å². The maximum Gasteiger partial charge on any atom is 0.348 e. The van der Waals surface area contributed by atoms with E-state index in [0.29, 0.717) is 15.8 Å². The van der Waals surface area contributed by atoms with E-state index in [1.54, 1.807) is 20.8 Å². The fourth-order valence-corrected chi connectivity index (χ4v) is 5.24. The van der Waals surface area contributed by atoms with E-state index in [4.69, 9.17) is 9.47 Å². The maximum absolute atomic E-state index is 12.8. The van der Waals surface area contributed by atoms with Crippen LogP contribution in [-0.4, -0.2) is 40.6 Å². The number of carbonyl (C=O) groups excluding carboxylic acids is 3. The highest BCUT2D eigenvalue weighted by atomic mass is 32.1. The topological polar surface area (TPSA) is 117 Å². The van der Waals surface area contributed by atoms with Gasteiger partial charge in [-0.15, -0.1) is 22.7 Å². The van der Waals surface area contributed by atoms with Gasteiger partial charge in [0.25, 0.3) is 5.56 Å². The third kappa shape index (κ3) is 4.44. The van der Waals surface area contributed by atoms with Gasteiger partial charge >= 0.3 is 11.9 Å². The summed E-state index contributed by atoms with van der Waals surface area (Å²) in [4.78, 5) is 56.4. The molecular weight excluding hydrogens is 454 g/mol. The number of esters is 2. The van der Waals surface area contributed by atoms with Crippen molar-refractivity contribution in [3.8, 4) is 0 Å². The van der Waals surface area contributed by atoms with Gasteiger partial charge in [0.15, 0.2) is 0 Å². The summed E-state index contributed by atoms with van der Waals surface area (Å²) in [6, 6.07) is 0. The average Bonchev–Trinajstić information content (AvgIpc) is 3.21. The Balaban J connectivity index is 1.92. The number of fused-ring (bicyclic) bond motifs is 1. The zero-order chi connectivity index (χ0) is 23.6. The fourth-order valence-electron chi connectivity index (χ4n) is 3.15. The van der Waals surface area contributed by atoms with Crippen LogP contribution >= 0.6 is 22.7 Å². The standard InChI is InChI=1S/C21H23N3O6S2/c1-6-29-20(27)15-11(4)16(21(28)30-7-2)32-18(15)23-13(25)8-24-9-22-17-14(19(24)26)10(3)12(5)31-17/h9H,6-8H2,1-5H3,(H,23,25). The number of aryl methyl sites for hydroxylation is 2. The van der Waals surface area contributed by atoms with Crippen molar-refractivity contribution >= 4 is 55.7 Å². The van der Waals surface area contributed by atoms with Crippen LogP contribution in [0.4, 0.5) is 5.00 Å². The van der Waals surface area contributed by atoms with Gasteiger partial charge in [0.05, 0.1) is 30.5 Å². The first-order chi connectivity index (χ1) is 15.2. The molecule has 3 rings (SSSR count). The second-order valence-electron chi connectivity index (χ2n) is 6.89. The zero-order valence-corrected chi connectivity index (χ0v) is 20.0. The van der Waals surface area contributed by atoms with E-state index in [2.05, 4.69) is 10.3 Å². The summed E-state index contributed by atoms with van der Waals surface area (Å²) in [5.74, 6) is -1.79. The molecular formula is C21H23N3O6S2. The van der Waals surface area contributed by atoms with Crippen LogP contribution in [-0.2, 0) is 20.8 Å². The molecule has 0 spiro atoms. The van der Waals surface area contributed by atoms with Crippen LogP contribution in [0.1, 0.15) is 49.9 Å². The van der Waals surface area contributed by atoms with Crippen molar-refractivity contribution < 1.29 is 23.9 Å². The molecule has 0 bridgehead atoms. The molecule has 0 aliphatic heterocycles. The predicted octanol–water partition coefficient (Wildman–Crippen LogP) is 3.44. The van der Waals surface area contributed by atoms with Gasteiger partial charge in [0.1, 0.15) is 21.3 Å². The van der Waals surface area contributed by atoms with E-state index < -0.39 is 17.8 Å². The molecule has 9 nitrogen and oxygen atoms in total. The number of thiophene rings is 2. The van der Waals surface area contributed by atoms with Crippen molar-refractivity contribution in [1.29, 1.82) is 0 Å². The number of nitrogens with zero attached hydrogens (tertiary/aromatic N) is 2. The average molecular weight is 478 g/mol. The van der Waals surface area contributed by atoms with Gasteiger partial charge in [-0.1, -0.05) is 0 Å². The lowest BCUT2D eigenvalue weighted by Gasteiger charge is -2.08. The first kappa shape index (κ1) is 23.6. The zero-order valence-electron chi connectivity index (χ0n) is 18.4. The Bertz CT molecular complexity index is 1270. The van der Waals surface area contributed by atoms with Crippen LogP contribution in [0, 0.1) is 20.8 Å². The number of ether oxygens (including phenoxy) is 2.